The van der Waals surface area contributed by atoms with Crippen LogP contribution >= 0.6 is 0 Å². The molecule has 0 saturated heterocycles. The van der Waals surface area contributed by atoms with E-state index in [0.717, 1.165) is 6.42 Å². The molecule has 3 nitrogen and oxygen atoms in total. The lowest BCUT2D eigenvalue weighted by Gasteiger charge is -2.11. The largest absolute Gasteiger partial charge is 0.395 e. The highest BCUT2D eigenvalue weighted by atomic mass is 16.3. The van der Waals surface area contributed by atoms with E-state index in [2.05, 4.69) is 6.92 Å². The summed E-state index contributed by atoms with van der Waals surface area (Å²) in [5.41, 5.74) is 5.50. The molecule has 0 radical (unpaired) electrons. The molecule has 0 spiro atoms. The second kappa shape index (κ2) is 14.0. The summed E-state index contributed by atoms with van der Waals surface area (Å²) in [6, 6.07) is -0.556. The van der Waals surface area contributed by atoms with E-state index in [9.17, 15) is 5.11 Å². The first-order valence-electron chi connectivity index (χ1n) is 7.93. The van der Waals surface area contributed by atoms with E-state index in [1.54, 1.807) is 6.08 Å². The molecule has 0 aromatic rings. The van der Waals surface area contributed by atoms with E-state index in [1.165, 1.54) is 57.8 Å². The average molecular weight is 271 g/mol. The Morgan fingerprint density at radius 3 is 2.00 bits per heavy atom. The number of hydrogen-bond acceptors (Lipinski definition) is 3. The van der Waals surface area contributed by atoms with E-state index in [0.29, 0.717) is 0 Å². The molecular formula is C16H33NO2. The first-order valence-corrected chi connectivity index (χ1v) is 7.93. The third-order valence-electron chi connectivity index (χ3n) is 3.46. The van der Waals surface area contributed by atoms with E-state index in [1.807, 2.05) is 6.08 Å². The monoisotopic (exact) mass is 271 g/mol. The van der Waals surface area contributed by atoms with Crippen LogP contribution < -0.4 is 5.73 Å². The second-order valence-corrected chi connectivity index (χ2v) is 5.38. The lowest BCUT2D eigenvalue weighted by atomic mass is 10.1. The van der Waals surface area contributed by atoms with Crippen LogP contribution in [0.25, 0.3) is 0 Å². The standard InChI is InChI=1S/C16H33NO2/c1-2-3-4-5-6-7-8-9-10-11-12-13-16(19)15(17)14-18/h12-13,15-16,18-19H,2-11,14,17H2,1H3. The fraction of sp³-hybridized carbons (Fsp3) is 0.875. The molecule has 19 heavy (non-hydrogen) atoms. The van der Waals surface area contributed by atoms with Crippen molar-refractivity contribution >= 4 is 0 Å². The molecule has 0 aliphatic heterocycles. The molecule has 0 aliphatic carbocycles. The van der Waals surface area contributed by atoms with Crippen LogP contribution in [0.2, 0.25) is 0 Å². The summed E-state index contributed by atoms with van der Waals surface area (Å²) in [5, 5.41) is 18.3. The van der Waals surface area contributed by atoms with Crippen molar-refractivity contribution in [3.8, 4) is 0 Å². The van der Waals surface area contributed by atoms with Crippen molar-refractivity contribution in [1.82, 2.24) is 0 Å². The van der Waals surface area contributed by atoms with Gasteiger partial charge in [0.1, 0.15) is 0 Å². The summed E-state index contributed by atoms with van der Waals surface area (Å²) < 4.78 is 0. The maximum absolute atomic E-state index is 9.49. The average Bonchev–Trinajstić information content (AvgIpc) is 2.43. The molecule has 0 aromatic heterocycles. The van der Waals surface area contributed by atoms with Crippen LogP contribution in [0.5, 0.6) is 0 Å². The molecule has 0 rings (SSSR count). The SMILES string of the molecule is CCCCCCCCCCCC=CC(O)C(N)CO. The third kappa shape index (κ3) is 12.4. The fourth-order valence-corrected chi connectivity index (χ4v) is 2.06. The van der Waals surface area contributed by atoms with Gasteiger partial charge in [0, 0.05) is 0 Å². The van der Waals surface area contributed by atoms with Crippen LogP contribution in [0.3, 0.4) is 0 Å². The molecule has 0 bridgehead atoms. The lowest BCUT2D eigenvalue weighted by Crippen LogP contribution is -2.36. The molecule has 2 atom stereocenters. The molecule has 4 N–H and O–H groups in total. The van der Waals surface area contributed by atoms with Gasteiger partial charge in [-0.25, -0.2) is 0 Å². The maximum atomic E-state index is 9.49. The first-order chi connectivity index (χ1) is 9.22. The summed E-state index contributed by atoms with van der Waals surface area (Å²) in [6.07, 6.45) is 15.9. The Balaban J connectivity index is 3.24. The molecule has 0 amide bonds. The smallest absolute Gasteiger partial charge is 0.0894 e. The third-order valence-corrected chi connectivity index (χ3v) is 3.46. The Morgan fingerprint density at radius 1 is 0.947 bits per heavy atom. The van der Waals surface area contributed by atoms with Gasteiger partial charge in [-0.3, -0.25) is 0 Å². The Bertz CT molecular complexity index is 207. The minimum absolute atomic E-state index is 0.177. The Labute approximate surface area is 118 Å². The van der Waals surface area contributed by atoms with Crippen LogP contribution in [0.15, 0.2) is 12.2 Å². The maximum Gasteiger partial charge on any atom is 0.0894 e. The number of rotatable bonds is 13. The van der Waals surface area contributed by atoms with Crippen LogP contribution in [0.1, 0.15) is 71.1 Å². The van der Waals surface area contributed by atoms with Crippen molar-refractivity contribution < 1.29 is 10.2 Å². The number of aliphatic hydroxyl groups excluding tert-OH is 2. The van der Waals surface area contributed by atoms with E-state index in [4.69, 9.17) is 10.8 Å². The lowest BCUT2D eigenvalue weighted by molar-refractivity contribution is 0.144. The number of unbranched alkanes of at least 4 members (excludes halogenated alkanes) is 9. The van der Waals surface area contributed by atoms with Gasteiger partial charge in [0.05, 0.1) is 18.8 Å². The summed E-state index contributed by atoms with van der Waals surface area (Å²) in [5.74, 6) is 0. The minimum atomic E-state index is -0.719. The number of nitrogens with two attached hydrogens (primary N) is 1. The van der Waals surface area contributed by atoms with E-state index < -0.39 is 12.1 Å². The molecular weight excluding hydrogens is 238 g/mol. The molecule has 3 heteroatoms. The highest BCUT2D eigenvalue weighted by Gasteiger charge is 2.08. The van der Waals surface area contributed by atoms with Gasteiger partial charge in [0.2, 0.25) is 0 Å². The van der Waals surface area contributed by atoms with Crippen LogP contribution in [0, 0.1) is 0 Å². The second-order valence-electron chi connectivity index (χ2n) is 5.38. The Kier molecular flexibility index (Phi) is 13.8. The summed E-state index contributed by atoms with van der Waals surface area (Å²) in [4.78, 5) is 0. The quantitative estimate of drug-likeness (QED) is 0.356. The molecule has 114 valence electrons. The van der Waals surface area contributed by atoms with Gasteiger partial charge in [-0.05, 0) is 12.8 Å². The van der Waals surface area contributed by atoms with Crippen molar-refractivity contribution in [3.63, 3.8) is 0 Å². The molecule has 0 fully saturated rings. The molecule has 0 aliphatic rings. The normalized spacial score (nSPS) is 14.9. The van der Waals surface area contributed by atoms with Gasteiger partial charge in [0.15, 0.2) is 0 Å². The van der Waals surface area contributed by atoms with Crippen LogP contribution in [-0.4, -0.2) is 29.0 Å². The van der Waals surface area contributed by atoms with Crippen molar-refractivity contribution in [2.24, 2.45) is 5.73 Å². The van der Waals surface area contributed by atoms with E-state index in [-0.39, 0.29) is 6.61 Å². The Morgan fingerprint density at radius 2 is 1.47 bits per heavy atom. The highest BCUT2D eigenvalue weighted by molar-refractivity contribution is 4.93. The van der Waals surface area contributed by atoms with Crippen molar-refractivity contribution in [3.05, 3.63) is 12.2 Å². The van der Waals surface area contributed by atoms with Crippen LogP contribution in [-0.2, 0) is 0 Å². The topological polar surface area (TPSA) is 66.5 Å². The summed E-state index contributed by atoms with van der Waals surface area (Å²) in [6.45, 7) is 2.07. The zero-order valence-electron chi connectivity index (χ0n) is 12.6. The molecule has 0 heterocycles. The van der Waals surface area contributed by atoms with Gasteiger partial charge < -0.3 is 15.9 Å². The predicted octanol–water partition coefficient (Wildman–Crippen LogP) is 3.14. The fourth-order valence-electron chi connectivity index (χ4n) is 2.06. The highest BCUT2D eigenvalue weighted by Crippen LogP contribution is 2.10. The van der Waals surface area contributed by atoms with Gasteiger partial charge in [-0.1, -0.05) is 70.4 Å². The van der Waals surface area contributed by atoms with E-state index >= 15 is 0 Å². The van der Waals surface area contributed by atoms with Gasteiger partial charge in [0.25, 0.3) is 0 Å². The molecule has 0 saturated carbocycles. The summed E-state index contributed by atoms with van der Waals surface area (Å²) in [7, 11) is 0. The number of aliphatic hydroxyl groups is 2. The first kappa shape index (κ1) is 18.6. The minimum Gasteiger partial charge on any atom is -0.395 e. The van der Waals surface area contributed by atoms with Crippen molar-refractivity contribution in [1.29, 1.82) is 0 Å². The Hall–Kier alpha value is -0.380. The van der Waals surface area contributed by atoms with Crippen LogP contribution in [0.4, 0.5) is 0 Å². The zero-order chi connectivity index (χ0) is 14.3. The molecule has 2 unspecified atom stereocenters. The zero-order valence-corrected chi connectivity index (χ0v) is 12.6. The van der Waals surface area contributed by atoms with Gasteiger partial charge in [-0.2, -0.15) is 0 Å². The number of hydrogen-bond donors (Lipinski definition) is 3. The molecule has 0 aromatic carbocycles. The van der Waals surface area contributed by atoms with Gasteiger partial charge in [-0.15, -0.1) is 0 Å². The summed E-state index contributed by atoms with van der Waals surface area (Å²) >= 11 is 0. The van der Waals surface area contributed by atoms with Gasteiger partial charge >= 0.3 is 0 Å². The van der Waals surface area contributed by atoms with Crippen molar-refractivity contribution in [2.45, 2.75) is 83.3 Å². The van der Waals surface area contributed by atoms with Crippen molar-refractivity contribution in [2.75, 3.05) is 6.61 Å². The number of allylic oxidation sites excluding steroid dienone is 1. The predicted molar refractivity (Wildman–Crippen MR) is 82.1 cm³/mol.